The number of ether oxygens (including phenoxy) is 1. The largest absolute Gasteiger partial charge is 0.478 e. The van der Waals surface area contributed by atoms with Crippen LogP contribution in [-0.4, -0.2) is 39.3 Å². The number of rotatable bonds is 7. The number of hydrogen-bond donors (Lipinski definition) is 1. The lowest BCUT2D eigenvalue weighted by molar-refractivity contribution is 0.0698. The number of carboxylic acids is 1. The van der Waals surface area contributed by atoms with Crippen molar-refractivity contribution in [1.29, 1.82) is 0 Å². The summed E-state index contributed by atoms with van der Waals surface area (Å²) in [5, 5.41) is 17.1. The standard InChI is InChI=1S/C13H17N3O3/c1-2-3-8-19-9-7-16-12-10(13(17)18)5-4-6-11(12)14-15-16/h4-6H,2-3,7-9H2,1H3,(H,17,18). The van der Waals surface area contributed by atoms with E-state index in [2.05, 4.69) is 17.2 Å². The van der Waals surface area contributed by atoms with E-state index in [4.69, 9.17) is 9.84 Å². The molecule has 2 aromatic rings. The Hall–Kier alpha value is -1.95. The van der Waals surface area contributed by atoms with E-state index < -0.39 is 5.97 Å². The van der Waals surface area contributed by atoms with E-state index in [0.29, 0.717) is 24.2 Å². The zero-order valence-electron chi connectivity index (χ0n) is 10.9. The van der Waals surface area contributed by atoms with Crippen LogP contribution in [0.4, 0.5) is 0 Å². The summed E-state index contributed by atoms with van der Waals surface area (Å²) >= 11 is 0. The molecule has 0 unspecified atom stereocenters. The van der Waals surface area contributed by atoms with Crippen LogP contribution in [0.1, 0.15) is 30.1 Å². The summed E-state index contributed by atoms with van der Waals surface area (Å²) in [5.74, 6) is -0.971. The Morgan fingerprint density at radius 2 is 2.26 bits per heavy atom. The van der Waals surface area contributed by atoms with Crippen LogP contribution in [0.3, 0.4) is 0 Å². The topological polar surface area (TPSA) is 77.2 Å². The van der Waals surface area contributed by atoms with Crippen molar-refractivity contribution in [2.45, 2.75) is 26.3 Å². The molecule has 0 saturated heterocycles. The summed E-state index contributed by atoms with van der Waals surface area (Å²) in [6.07, 6.45) is 2.12. The van der Waals surface area contributed by atoms with Gasteiger partial charge in [0.25, 0.3) is 0 Å². The van der Waals surface area contributed by atoms with Gasteiger partial charge in [-0.25, -0.2) is 9.48 Å². The molecule has 1 aromatic carbocycles. The number of unbranched alkanes of at least 4 members (excludes halogenated alkanes) is 1. The van der Waals surface area contributed by atoms with Gasteiger partial charge in [-0.15, -0.1) is 5.10 Å². The Balaban J connectivity index is 2.12. The minimum atomic E-state index is -0.971. The number of aromatic nitrogens is 3. The number of fused-ring (bicyclic) bond motifs is 1. The van der Waals surface area contributed by atoms with Gasteiger partial charge in [0.2, 0.25) is 0 Å². The summed E-state index contributed by atoms with van der Waals surface area (Å²) in [5.41, 5.74) is 1.36. The van der Waals surface area contributed by atoms with E-state index >= 15 is 0 Å². The first-order valence-electron chi connectivity index (χ1n) is 6.37. The van der Waals surface area contributed by atoms with E-state index in [9.17, 15) is 4.79 Å². The summed E-state index contributed by atoms with van der Waals surface area (Å²) in [4.78, 5) is 11.2. The van der Waals surface area contributed by atoms with Crippen molar-refractivity contribution in [3.05, 3.63) is 23.8 Å². The number of benzene rings is 1. The predicted octanol–water partition coefficient (Wildman–Crippen LogP) is 1.95. The third kappa shape index (κ3) is 3.08. The molecular weight excluding hydrogens is 246 g/mol. The molecule has 0 bridgehead atoms. The fraction of sp³-hybridized carbons (Fsp3) is 0.462. The van der Waals surface area contributed by atoms with Crippen LogP contribution in [0.25, 0.3) is 11.0 Å². The lowest BCUT2D eigenvalue weighted by Gasteiger charge is -2.05. The van der Waals surface area contributed by atoms with E-state index in [1.807, 2.05) is 0 Å². The molecule has 0 amide bonds. The molecule has 102 valence electrons. The lowest BCUT2D eigenvalue weighted by atomic mass is 10.2. The van der Waals surface area contributed by atoms with Crippen molar-refractivity contribution in [2.75, 3.05) is 13.2 Å². The highest BCUT2D eigenvalue weighted by molar-refractivity contribution is 6.00. The number of carboxylic acid groups (broad SMARTS) is 1. The Morgan fingerprint density at radius 3 is 3.00 bits per heavy atom. The maximum atomic E-state index is 11.2. The van der Waals surface area contributed by atoms with Crippen LogP contribution in [-0.2, 0) is 11.3 Å². The molecule has 2 rings (SSSR count). The smallest absolute Gasteiger partial charge is 0.337 e. The zero-order chi connectivity index (χ0) is 13.7. The number of carbonyl (C=O) groups is 1. The second-order valence-electron chi connectivity index (χ2n) is 4.26. The Kier molecular flexibility index (Phi) is 4.46. The maximum absolute atomic E-state index is 11.2. The van der Waals surface area contributed by atoms with Crippen LogP contribution in [0.5, 0.6) is 0 Å². The molecule has 19 heavy (non-hydrogen) atoms. The molecule has 6 nitrogen and oxygen atoms in total. The Bertz CT molecular complexity index is 565. The van der Waals surface area contributed by atoms with Crippen molar-refractivity contribution in [2.24, 2.45) is 0 Å². The van der Waals surface area contributed by atoms with Crippen molar-refractivity contribution in [1.82, 2.24) is 15.0 Å². The van der Waals surface area contributed by atoms with Gasteiger partial charge in [0, 0.05) is 6.61 Å². The number of nitrogens with zero attached hydrogens (tertiary/aromatic N) is 3. The Labute approximate surface area is 111 Å². The summed E-state index contributed by atoms with van der Waals surface area (Å²) in [7, 11) is 0. The van der Waals surface area contributed by atoms with Crippen LogP contribution in [0, 0.1) is 0 Å². The highest BCUT2D eigenvalue weighted by atomic mass is 16.5. The predicted molar refractivity (Wildman–Crippen MR) is 70.2 cm³/mol. The van der Waals surface area contributed by atoms with Crippen molar-refractivity contribution in [3.63, 3.8) is 0 Å². The van der Waals surface area contributed by atoms with Crippen LogP contribution < -0.4 is 0 Å². The van der Waals surface area contributed by atoms with Crippen molar-refractivity contribution < 1.29 is 14.6 Å². The normalized spacial score (nSPS) is 11.0. The first-order chi connectivity index (χ1) is 9.24. The third-order valence-corrected chi connectivity index (χ3v) is 2.85. The molecule has 1 N–H and O–H groups in total. The lowest BCUT2D eigenvalue weighted by Crippen LogP contribution is -2.10. The van der Waals surface area contributed by atoms with Gasteiger partial charge in [0.1, 0.15) is 11.0 Å². The first-order valence-corrected chi connectivity index (χ1v) is 6.37. The van der Waals surface area contributed by atoms with Gasteiger partial charge >= 0.3 is 5.97 Å². The number of hydrogen-bond acceptors (Lipinski definition) is 4. The first kappa shape index (κ1) is 13.5. The third-order valence-electron chi connectivity index (χ3n) is 2.85. The van der Waals surface area contributed by atoms with Crippen LogP contribution in [0.2, 0.25) is 0 Å². The molecule has 0 radical (unpaired) electrons. The fourth-order valence-corrected chi connectivity index (χ4v) is 1.86. The SMILES string of the molecule is CCCCOCCn1nnc2cccc(C(=O)O)c21. The molecule has 0 fully saturated rings. The molecular formula is C13H17N3O3. The van der Waals surface area contributed by atoms with Gasteiger partial charge in [-0.05, 0) is 18.6 Å². The molecule has 0 atom stereocenters. The second-order valence-corrected chi connectivity index (χ2v) is 4.26. The Morgan fingerprint density at radius 1 is 1.42 bits per heavy atom. The highest BCUT2D eigenvalue weighted by Crippen LogP contribution is 2.16. The van der Waals surface area contributed by atoms with Crippen molar-refractivity contribution in [3.8, 4) is 0 Å². The summed E-state index contributed by atoms with van der Waals surface area (Å²) in [6.45, 7) is 3.83. The monoisotopic (exact) mass is 263 g/mol. The molecule has 0 saturated carbocycles. The maximum Gasteiger partial charge on any atom is 0.337 e. The van der Waals surface area contributed by atoms with Gasteiger partial charge in [0.05, 0.1) is 18.7 Å². The number of para-hydroxylation sites is 1. The molecule has 0 aliphatic heterocycles. The van der Waals surface area contributed by atoms with E-state index in [0.717, 1.165) is 19.4 Å². The van der Waals surface area contributed by atoms with Gasteiger partial charge in [-0.2, -0.15) is 0 Å². The van der Waals surface area contributed by atoms with Gasteiger partial charge < -0.3 is 9.84 Å². The van der Waals surface area contributed by atoms with Crippen molar-refractivity contribution >= 4 is 17.0 Å². The molecule has 6 heteroatoms. The molecule has 1 aromatic heterocycles. The highest BCUT2D eigenvalue weighted by Gasteiger charge is 2.14. The van der Waals surface area contributed by atoms with Gasteiger partial charge in [-0.1, -0.05) is 24.6 Å². The molecule has 1 heterocycles. The van der Waals surface area contributed by atoms with Gasteiger partial charge in [-0.3, -0.25) is 0 Å². The van der Waals surface area contributed by atoms with Crippen LogP contribution >= 0.6 is 0 Å². The number of aromatic carboxylic acids is 1. The average molecular weight is 263 g/mol. The van der Waals surface area contributed by atoms with E-state index in [1.54, 1.807) is 22.9 Å². The molecule has 0 aliphatic carbocycles. The second kappa shape index (κ2) is 6.29. The average Bonchev–Trinajstić information content (AvgIpc) is 2.81. The fourth-order valence-electron chi connectivity index (χ4n) is 1.86. The summed E-state index contributed by atoms with van der Waals surface area (Å²) in [6, 6.07) is 4.98. The minimum Gasteiger partial charge on any atom is -0.478 e. The van der Waals surface area contributed by atoms with E-state index in [-0.39, 0.29) is 5.56 Å². The minimum absolute atomic E-state index is 0.219. The summed E-state index contributed by atoms with van der Waals surface area (Å²) < 4.78 is 7.05. The quantitative estimate of drug-likeness (QED) is 0.772. The van der Waals surface area contributed by atoms with E-state index in [1.165, 1.54) is 0 Å². The zero-order valence-corrected chi connectivity index (χ0v) is 10.9. The van der Waals surface area contributed by atoms with Gasteiger partial charge in [0.15, 0.2) is 0 Å². The molecule has 0 spiro atoms. The van der Waals surface area contributed by atoms with Crippen LogP contribution in [0.15, 0.2) is 18.2 Å². The molecule has 0 aliphatic rings.